The molecule has 0 bridgehead atoms. The molecule has 29 heavy (non-hydrogen) atoms. The highest BCUT2D eigenvalue weighted by atomic mass is 16.5. The molecule has 3 aromatic rings. The Morgan fingerprint density at radius 1 is 1.21 bits per heavy atom. The predicted molar refractivity (Wildman–Crippen MR) is 112 cm³/mol. The Morgan fingerprint density at radius 3 is 2.55 bits per heavy atom. The molecule has 0 aliphatic heterocycles. The minimum Gasteiger partial charge on any atom is -0.494 e. The third-order valence-corrected chi connectivity index (χ3v) is 4.26. The predicted octanol–water partition coefficient (Wildman–Crippen LogP) is 3.98. The topological polar surface area (TPSA) is 79.9 Å². The number of carbonyl (C=O) groups is 1. The Balaban J connectivity index is 2.07. The molecule has 0 saturated heterocycles. The summed E-state index contributed by atoms with van der Waals surface area (Å²) in [7, 11) is 1.50. The molecule has 3 rings (SSSR count). The zero-order chi connectivity index (χ0) is 20.6. The van der Waals surface area contributed by atoms with Crippen molar-refractivity contribution < 1.29 is 9.53 Å². The van der Waals surface area contributed by atoms with E-state index in [0.717, 1.165) is 23.4 Å². The summed E-state index contributed by atoms with van der Waals surface area (Å²) >= 11 is 0. The maximum absolute atomic E-state index is 12.0. The van der Waals surface area contributed by atoms with Crippen LogP contribution in [0.3, 0.4) is 0 Å². The Labute approximate surface area is 170 Å². The molecular formula is C23H22N4O2. The molecule has 146 valence electrons. The highest BCUT2D eigenvalue weighted by Crippen LogP contribution is 2.27. The second-order valence-corrected chi connectivity index (χ2v) is 6.33. The van der Waals surface area contributed by atoms with E-state index in [4.69, 9.17) is 9.84 Å². The lowest BCUT2D eigenvalue weighted by Gasteiger charge is -2.05. The number of nitrogens with one attached hydrogen (secondary N) is 1. The lowest BCUT2D eigenvalue weighted by molar-refractivity contribution is -0.116. The molecular weight excluding hydrogens is 364 g/mol. The molecule has 0 unspecified atom stereocenters. The van der Waals surface area contributed by atoms with Gasteiger partial charge in [-0.1, -0.05) is 25.1 Å². The summed E-state index contributed by atoms with van der Waals surface area (Å²) < 4.78 is 7.38. The lowest BCUT2D eigenvalue weighted by Crippen LogP contribution is -2.19. The van der Waals surface area contributed by atoms with Gasteiger partial charge in [0.05, 0.1) is 18.0 Å². The van der Waals surface area contributed by atoms with Gasteiger partial charge in [0, 0.05) is 24.4 Å². The van der Waals surface area contributed by atoms with Crippen LogP contribution in [0.2, 0.25) is 0 Å². The van der Waals surface area contributed by atoms with Crippen LogP contribution in [0.4, 0.5) is 0 Å². The van der Waals surface area contributed by atoms with E-state index < -0.39 is 5.91 Å². The Morgan fingerprint density at radius 2 is 1.93 bits per heavy atom. The van der Waals surface area contributed by atoms with Crippen LogP contribution in [0.15, 0.2) is 66.4 Å². The van der Waals surface area contributed by atoms with Gasteiger partial charge < -0.3 is 10.1 Å². The Kier molecular flexibility index (Phi) is 6.43. The van der Waals surface area contributed by atoms with E-state index >= 15 is 0 Å². The standard InChI is InChI=1S/C23H22N4O2/c1-3-13-29-21-11-9-17(10-12-21)22-19(14-18(15-24)23(28)25-2)16-27(26-22)20-7-5-4-6-8-20/h4-12,14,16H,3,13H2,1-2H3,(H,25,28). The molecule has 0 aliphatic rings. The van der Waals surface area contributed by atoms with E-state index in [0.29, 0.717) is 17.9 Å². The second-order valence-electron chi connectivity index (χ2n) is 6.33. The van der Waals surface area contributed by atoms with Gasteiger partial charge in [-0.15, -0.1) is 0 Å². The number of aromatic nitrogens is 2. The molecule has 1 amide bonds. The van der Waals surface area contributed by atoms with Crippen LogP contribution in [0.25, 0.3) is 23.0 Å². The van der Waals surface area contributed by atoms with Gasteiger partial charge in [-0.2, -0.15) is 10.4 Å². The molecule has 0 radical (unpaired) electrons. The van der Waals surface area contributed by atoms with Gasteiger partial charge in [-0.05, 0) is 48.9 Å². The van der Waals surface area contributed by atoms with Crippen molar-refractivity contribution >= 4 is 12.0 Å². The number of carbonyl (C=O) groups excluding carboxylic acids is 1. The zero-order valence-electron chi connectivity index (χ0n) is 16.4. The van der Waals surface area contributed by atoms with Gasteiger partial charge in [0.25, 0.3) is 5.91 Å². The normalized spacial score (nSPS) is 11.0. The number of hydrogen-bond donors (Lipinski definition) is 1. The average Bonchev–Trinajstić information content (AvgIpc) is 3.20. The van der Waals surface area contributed by atoms with E-state index in [2.05, 4.69) is 12.2 Å². The minimum atomic E-state index is -0.436. The number of ether oxygens (including phenoxy) is 1. The minimum absolute atomic E-state index is 0.0178. The van der Waals surface area contributed by atoms with Crippen LogP contribution in [0.5, 0.6) is 5.75 Å². The van der Waals surface area contributed by atoms with Crippen molar-refractivity contribution in [3.8, 4) is 28.8 Å². The van der Waals surface area contributed by atoms with Crippen molar-refractivity contribution in [1.29, 1.82) is 5.26 Å². The summed E-state index contributed by atoms with van der Waals surface area (Å²) in [4.78, 5) is 12.0. The molecule has 0 spiro atoms. The first kappa shape index (κ1) is 19.9. The van der Waals surface area contributed by atoms with E-state index in [1.54, 1.807) is 10.8 Å². The van der Waals surface area contributed by atoms with Crippen LogP contribution in [0.1, 0.15) is 18.9 Å². The zero-order valence-corrected chi connectivity index (χ0v) is 16.4. The molecule has 0 aliphatic carbocycles. The summed E-state index contributed by atoms with van der Waals surface area (Å²) in [5, 5.41) is 16.6. The Bertz CT molecular complexity index is 1040. The third-order valence-electron chi connectivity index (χ3n) is 4.26. The van der Waals surface area contributed by atoms with E-state index in [-0.39, 0.29) is 5.57 Å². The summed E-state index contributed by atoms with van der Waals surface area (Å²) in [6, 6.07) is 19.3. The summed E-state index contributed by atoms with van der Waals surface area (Å²) in [6.45, 7) is 2.72. The molecule has 6 heteroatoms. The van der Waals surface area contributed by atoms with E-state index in [1.165, 1.54) is 7.05 Å². The monoisotopic (exact) mass is 386 g/mol. The molecule has 0 atom stereocenters. The smallest absolute Gasteiger partial charge is 0.261 e. The number of hydrogen-bond acceptors (Lipinski definition) is 4. The molecule has 2 aromatic carbocycles. The number of benzene rings is 2. The first-order chi connectivity index (χ1) is 14.2. The van der Waals surface area contributed by atoms with Crippen molar-refractivity contribution in [3.63, 3.8) is 0 Å². The molecule has 0 saturated carbocycles. The van der Waals surface area contributed by atoms with Crippen LogP contribution >= 0.6 is 0 Å². The van der Waals surface area contributed by atoms with Crippen molar-refractivity contribution in [2.24, 2.45) is 0 Å². The maximum atomic E-state index is 12.0. The average molecular weight is 386 g/mol. The SMILES string of the molecule is CCCOc1ccc(-c2nn(-c3ccccc3)cc2C=C(C#N)C(=O)NC)cc1. The van der Waals surface area contributed by atoms with Gasteiger partial charge in [0.1, 0.15) is 17.4 Å². The van der Waals surface area contributed by atoms with Gasteiger partial charge >= 0.3 is 0 Å². The number of amides is 1. The van der Waals surface area contributed by atoms with Crippen molar-refractivity contribution in [2.75, 3.05) is 13.7 Å². The molecule has 6 nitrogen and oxygen atoms in total. The van der Waals surface area contributed by atoms with E-state index in [9.17, 15) is 10.1 Å². The molecule has 0 fully saturated rings. The van der Waals surface area contributed by atoms with Gasteiger partial charge in [-0.3, -0.25) is 4.79 Å². The molecule has 1 heterocycles. The van der Waals surface area contributed by atoms with Crippen LogP contribution < -0.4 is 10.1 Å². The summed E-state index contributed by atoms with van der Waals surface area (Å²) in [6.07, 6.45) is 4.31. The van der Waals surface area contributed by atoms with Crippen LogP contribution in [-0.4, -0.2) is 29.3 Å². The fourth-order valence-corrected chi connectivity index (χ4v) is 2.80. The number of nitriles is 1. The van der Waals surface area contributed by atoms with Crippen molar-refractivity contribution in [3.05, 3.63) is 71.9 Å². The van der Waals surface area contributed by atoms with Crippen molar-refractivity contribution in [2.45, 2.75) is 13.3 Å². The van der Waals surface area contributed by atoms with Gasteiger partial charge in [0.15, 0.2) is 0 Å². The van der Waals surface area contributed by atoms with Gasteiger partial charge in [0.2, 0.25) is 0 Å². The van der Waals surface area contributed by atoms with Crippen LogP contribution in [0, 0.1) is 11.3 Å². The Hall–Kier alpha value is -3.85. The second kappa shape index (κ2) is 9.38. The fourth-order valence-electron chi connectivity index (χ4n) is 2.80. The van der Waals surface area contributed by atoms with E-state index in [1.807, 2.05) is 66.9 Å². The van der Waals surface area contributed by atoms with Crippen LogP contribution in [-0.2, 0) is 4.79 Å². The third kappa shape index (κ3) is 4.71. The number of nitrogens with zero attached hydrogens (tertiary/aromatic N) is 3. The first-order valence-electron chi connectivity index (χ1n) is 9.38. The number of para-hydroxylation sites is 1. The maximum Gasteiger partial charge on any atom is 0.261 e. The van der Waals surface area contributed by atoms with Crippen molar-refractivity contribution in [1.82, 2.24) is 15.1 Å². The number of rotatable bonds is 7. The lowest BCUT2D eigenvalue weighted by atomic mass is 10.1. The largest absolute Gasteiger partial charge is 0.494 e. The number of likely N-dealkylation sites (N-methyl/N-ethyl adjacent to an activating group) is 1. The quantitative estimate of drug-likeness (QED) is 0.492. The molecule has 1 aromatic heterocycles. The first-order valence-corrected chi connectivity index (χ1v) is 9.38. The summed E-state index contributed by atoms with van der Waals surface area (Å²) in [5.74, 6) is 0.354. The highest BCUT2D eigenvalue weighted by molar-refractivity contribution is 6.02. The molecule has 1 N–H and O–H groups in total. The highest BCUT2D eigenvalue weighted by Gasteiger charge is 2.14. The summed E-state index contributed by atoms with van der Waals surface area (Å²) in [5.41, 5.74) is 3.12. The fraction of sp³-hybridized carbons (Fsp3) is 0.174. The van der Waals surface area contributed by atoms with Gasteiger partial charge in [-0.25, -0.2) is 4.68 Å².